The SMILES string of the molecule is CC1C=C2C(=CC1)NC(=O)[C@@H](N)CN2C. The number of fused-ring (bicyclic) bond motifs is 1. The molecule has 0 aromatic rings. The van der Waals surface area contributed by atoms with Gasteiger partial charge in [0.25, 0.3) is 0 Å². The highest BCUT2D eigenvalue weighted by Crippen LogP contribution is 2.24. The molecule has 0 spiro atoms. The molecule has 15 heavy (non-hydrogen) atoms. The average molecular weight is 207 g/mol. The van der Waals surface area contributed by atoms with Crippen molar-refractivity contribution in [1.82, 2.24) is 10.2 Å². The van der Waals surface area contributed by atoms with Gasteiger partial charge in [0.1, 0.15) is 6.04 Å². The highest BCUT2D eigenvalue weighted by Gasteiger charge is 2.26. The van der Waals surface area contributed by atoms with Crippen molar-refractivity contribution in [1.29, 1.82) is 0 Å². The second kappa shape index (κ2) is 3.70. The Hall–Kier alpha value is -1.29. The van der Waals surface area contributed by atoms with Gasteiger partial charge in [-0.25, -0.2) is 0 Å². The molecule has 1 aliphatic heterocycles. The predicted octanol–water partition coefficient (Wildman–Crippen LogP) is 0.183. The van der Waals surface area contributed by atoms with Crippen LogP contribution in [0.4, 0.5) is 0 Å². The summed E-state index contributed by atoms with van der Waals surface area (Å²) in [5.74, 6) is 0.434. The molecular formula is C11H17N3O. The molecule has 1 amide bonds. The van der Waals surface area contributed by atoms with Crippen LogP contribution in [-0.4, -0.2) is 30.4 Å². The van der Waals surface area contributed by atoms with Crippen LogP contribution in [0, 0.1) is 5.92 Å². The van der Waals surface area contributed by atoms with Crippen molar-refractivity contribution < 1.29 is 4.79 Å². The van der Waals surface area contributed by atoms with Crippen molar-refractivity contribution in [3.05, 3.63) is 23.5 Å². The number of allylic oxidation sites excluding steroid dienone is 2. The summed E-state index contributed by atoms with van der Waals surface area (Å²) in [6.45, 7) is 2.74. The van der Waals surface area contributed by atoms with Crippen LogP contribution in [0.1, 0.15) is 13.3 Å². The van der Waals surface area contributed by atoms with E-state index in [0.29, 0.717) is 12.5 Å². The Morgan fingerprint density at radius 2 is 2.33 bits per heavy atom. The van der Waals surface area contributed by atoms with Crippen molar-refractivity contribution in [3.8, 4) is 0 Å². The largest absolute Gasteiger partial charge is 0.371 e. The van der Waals surface area contributed by atoms with E-state index in [-0.39, 0.29) is 5.91 Å². The second-order valence-electron chi connectivity index (χ2n) is 4.36. The Kier molecular flexibility index (Phi) is 2.52. The van der Waals surface area contributed by atoms with E-state index in [2.05, 4.69) is 24.4 Å². The quantitative estimate of drug-likeness (QED) is 0.596. The third-order valence-electron chi connectivity index (χ3n) is 2.89. The van der Waals surface area contributed by atoms with Crippen molar-refractivity contribution in [3.63, 3.8) is 0 Å². The first-order valence-corrected chi connectivity index (χ1v) is 5.28. The van der Waals surface area contributed by atoms with Crippen LogP contribution in [0.5, 0.6) is 0 Å². The van der Waals surface area contributed by atoms with Gasteiger partial charge in [-0.2, -0.15) is 0 Å². The normalized spacial score (nSPS) is 31.1. The fourth-order valence-corrected chi connectivity index (χ4v) is 1.99. The number of carbonyl (C=O) groups excluding carboxylic acids is 1. The van der Waals surface area contributed by atoms with Gasteiger partial charge in [-0.3, -0.25) is 4.79 Å². The van der Waals surface area contributed by atoms with E-state index in [1.165, 1.54) is 0 Å². The van der Waals surface area contributed by atoms with Gasteiger partial charge in [-0.1, -0.05) is 19.1 Å². The van der Waals surface area contributed by atoms with Crippen LogP contribution in [0.25, 0.3) is 0 Å². The Morgan fingerprint density at radius 3 is 3.07 bits per heavy atom. The maximum atomic E-state index is 11.6. The zero-order valence-corrected chi connectivity index (χ0v) is 9.16. The first-order chi connectivity index (χ1) is 7.08. The molecule has 4 nitrogen and oxygen atoms in total. The molecule has 0 radical (unpaired) electrons. The summed E-state index contributed by atoms with van der Waals surface area (Å²) in [6, 6.07) is -0.447. The Balaban J connectivity index is 2.32. The van der Waals surface area contributed by atoms with E-state index in [1.807, 2.05) is 11.9 Å². The summed E-state index contributed by atoms with van der Waals surface area (Å²) in [5.41, 5.74) is 7.75. The van der Waals surface area contributed by atoms with Gasteiger partial charge in [0, 0.05) is 13.6 Å². The fourth-order valence-electron chi connectivity index (χ4n) is 1.99. The van der Waals surface area contributed by atoms with Crippen LogP contribution in [-0.2, 0) is 4.79 Å². The average Bonchev–Trinajstić information content (AvgIpc) is 2.28. The molecule has 0 bridgehead atoms. The third-order valence-corrected chi connectivity index (χ3v) is 2.89. The lowest BCUT2D eigenvalue weighted by Crippen LogP contribution is -2.42. The molecule has 0 aromatic heterocycles. The second-order valence-corrected chi connectivity index (χ2v) is 4.36. The van der Waals surface area contributed by atoms with Crippen molar-refractivity contribution in [2.45, 2.75) is 19.4 Å². The molecule has 4 heteroatoms. The van der Waals surface area contributed by atoms with Gasteiger partial charge in [-0.05, 0) is 12.3 Å². The number of amides is 1. The lowest BCUT2D eigenvalue weighted by molar-refractivity contribution is -0.121. The first kappa shape index (κ1) is 10.2. The Bertz CT molecular complexity index is 346. The molecule has 0 aromatic carbocycles. The number of nitrogens with one attached hydrogen (secondary N) is 1. The van der Waals surface area contributed by atoms with E-state index < -0.39 is 6.04 Å². The molecule has 1 aliphatic carbocycles. The zero-order chi connectivity index (χ0) is 11.0. The summed E-state index contributed by atoms with van der Waals surface area (Å²) < 4.78 is 0. The van der Waals surface area contributed by atoms with E-state index in [1.54, 1.807) is 0 Å². The number of hydrogen-bond acceptors (Lipinski definition) is 3. The lowest BCUT2D eigenvalue weighted by Gasteiger charge is -2.25. The number of nitrogens with zero attached hydrogens (tertiary/aromatic N) is 1. The molecule has 1 saturated heterocycles. The summed E-state index contributed by atoms with van der Waals surface area (Å²) in [7, 11) is 1.97. The maximum Gasteiger partial charge on any atom is 0.243 e. The molecule has 82 valence electrons. The van der Waals surface area contributed by atoms with Crippen molar-refractivity contribution >= 4 is 5.91 Å². The molecule has 1 heterocycles. The smallest absolute Gasteiger partial charge is 0.243 e. The van der Waals surface area contributed by atoms with Crippen LogP contribution in [0.2, 0.25) is 0 Å². The highest BCUT2D eigenvalue weighted by molar-refractivity contribution is 5.84. The van der Waals surface area contributed by atoms with Gasteiger partial charge in [0.15, 0.2) is 0 Å². The molecule has 1 fully saturated rings. The Morgan fingerprint density at radius 1 is 1.60 bits per heavy atom. The number of carbonyl (C=O) groups is 1. The standard InChI is InChI=1S/C11H17N3O/c1-7-3-4-9-10(5-7)14(2)6-8(12)11(15)13-9/h4-5,7-8H,3,6,12H2,1-2H3,(H,13,15)/t7?,8-/m0/s1. The Labute approximate surface area is 89.8 Å². The topological polar surface area (TPSA) is 58.4 Å². The van der Waals surface area contributed by atoms with Gasteiger partial charge in [0.2, 0.25) is 5.91 Å². The monoisotopic (exact) mass is 207 g/mol. The van der Waals surface area contributed by atoms with Gasteiger partial charge >= 0.3 is 0 Å². The van der Waals surface area contributed by atoms with E-state index in [4.69, 9.17) is 5.73 Å². The summed E-state index contributed by atoms with van der Waals surface area (Å²) in [6.07, 6.45) is 5.24. The molecule has 2 aliphatic rings. The summed E-state index contributed by atoms with van der Waals surface area (Å²) in [5, 5.41) is 2.87. The minimum Gasteiger partial charge on any atom is -0.371 e. The molecular weight excluding hydrogens is 190 g/mol. The van der Waals surface area contributed by atoms with Crippen LogP contribution < -0.4 is 11.1 Å². The maximum absolute atomic E-state index is 11.6. The van der Waals surface area contributed by atoms with Crippen LogP contribution >= 0.6 is 0 Å². The van der Waals surface area contributed by atoms with Crippen molar-refractivity contribution in [2.24, 2.45) is 11.7 Å². The lowest BCUT2D eigenvalue weighted by atomic mass is 9.99. The van der Waals surface area contributed by atoms with Gasteiger partial charge in [0.05, 0.1) is 11.4 Å². The minimum atomic E-state index is -0.447. The highest BCUT2D eigenvalue weighted by atomic mass is 16.2. The van der Waals surface area contributed by atoms with E-state index in [9.17, 15) is 4.79 Å². The van der Waals surface area contributed by atoms with Crippen LogP contribution in [0.3, 0.4) is 0 Å². The number of hydrogen-bond donors (Lipinski definition) is 2. The van der Waals surface area contributed by atoms with Crippen molar-refractivity contribution in [2.75, 3.05) is 13.6 Å². The molecule has 3 N–H and O–H groups in total. The van der Waals surface area contributed by atoms with Gasteiger partial charge in [-0.15, -0.1) is 0 Å². The van der Waals surface area contributed by atoms with Gasteiger partial charge < -0.3 is 16.0 Å². The van der Waals surface area contributed by atoms with E-state index in [0.717, 1.165) is 17.8 Å². The number of nitrogens with two attached hydrogens (primary N) is 1. The fraction of sp³-hybridized carbons (Fsp3) is 0.545. The number of likely N-dealkylation sites (N-methyl/N-ethyl adjacent to an activating group) is 1. The molecule has 2 atom stereocenters. The summed E-state index contributed by atoms with van der Waals surface area (Å²) >= 11 is 0. The molecule has 2 rings (SSSR count). The first-order valence-electron chi connectivity index (χ1n) is 5.28. The van der Waals surface area contributed by atoms with E-state index >= 15 is 0 Å². The predicted molar refractivity (Wildman–Crippen MR) is 58.7 cm³/mol. The minimum absolute atomic E-state index is 0.0916. The molecule has 1 unspecified atom stereocenters. The summed E-state index contributed by atoms with van der Waals surface area (Å²) in [4.78, 5) is 13.6. The zero-order valence-electron chi connectivity index (χ0n) is 9.16. The van der Waals surface area contributed by atoms with Crippen LogP contribution in [0.15, 0.2) is 23.5 Å². The number of rotatable bonds is 0. The molecule has 0 saturated carbocycles. The third kappa shape index (κ3) is 1.90.